The molecule has 0 aliphatic carbocycles. The van der Waals surface area contributed by atoms with Crippen LogP contribution in [-0.4, -0.2) is 25.2 Å². The number of nitrogens with zero attached hydrogens (tertiary/aromatic N) is 4. The molecule has 0 aliphatic heterocycles. The van der Waals surface area contributed by atoms with E-state index in [9.17, 15) is 9.59 Å². The highest BCUT2D eigenvalue weighted by Crippen LogP contribution is 2.06. The second kappa shape index (κ2) is 6.04. The number of imidazole rings is 1. The predicted molar refractivity (Wildman–Crippen MR) is 77.8 cm³/mol. The quantitative estimate of drug-likeness (QED) is 0.809. The van der Waals surface area contributed by atoms with Crippen LogP contribution in [0.2, 0.25) is 0 Å². The van der Waals surface area contributed by atoms with E-state index in [1.54, 1.807) is 22.5 Å². The molecule has 110 valence electrons. The van der Waals surface area contributed by atoms with E-state index in [0.717, 1.165) is 12.8 Å². The number of hydrogen-bond acceptors (Lipinski definition) is 4. The minimum absolute atomic E-state index is 0.286. The first kappa shape index (κ1) is 14.5. The summed E-state index contributed by atoms with van der Waals surface area (Å²) in [4.78, 5) is 29.1. The van der Waals surface area contributed by atoms with Gasteiger partial charge in [0.25, 0.3) is 5.56 Å². The molecule has 0 aromatic carbocycles. The first-order chi connectivity index (χ1) is 9.61. The third kappa shape index (κ3) is 2.40. The van der Waals surface area contributed by atoms with Gasteiger partial charge in [-0.15, -0.1) is 0 Å². The fourth-order valence-corrected chi connectivity index (χ4v) is 2.28. The second-order valence-electron chi connectivity index (χ2n) is 4.91. The van der Waals surface area contributed by atoms with Crippen LogP contribution in [0.25, 0.3) is 11.2 Å². The second-order valence-corrected chi connectivity index (χ2v) is 4.91. The Hall–Kier alpha value is -1.89. The molecule has 0 fully saturated rings. The van der Waals surface area contributed by atoms with Crippen molar-refractivity contribution in [1.29, 1.82) is 0 Å². The van der Waals surface area contributed by atoms with Crippen molar-refractivity contribution in [3.05, 3.63) is 27.2 Å². The predicted octanol–water partition coefficient (Wildman–Crippen LogP) is 0.0456. The highest BCUT2D eigenvalue weighted by Gasteiger charge is 2.16. The lowest BCUT2D eigenvalue weighted by Crippen LogP contribution is -2.41. The molecule has 2 rings (SSSR count). The lowest BCUT2D eigenvalue weighted by Gasteiger charge is -2.11. The van der Waals surface area contributed by atoms with Crippen LogP contribution in [0.5, 0.6) is 0 Å². The van der Waals surface area contributed by atoms with Gasteiger partial charge in [-0.2, -0.15) is 0 Å². The van der Waals surface area contributed by atoms with Crippen LogP contribution in [0, 0.1) is 0 Å². The van der Waals surface area contributed by atoms with Gasteiger partial charge in [-0.3, -0.25) is 13.9 Å². The van der Waals surface area contributed by atoms with Gasteiger partial charge in [0.1, 0.15) is 0 Å². The van der Waals surface area contributed by atoms with Crippen molar-refractivity contribution in [2.75, 3.05) is 6.54 Å². The number of nitrogens with two attached hydrogens (primary N) is 1. The zero-order chi connectivity index (χ0) is 14.7. The fraction of sp³-hybridized carbons (Fsp3) is 0.615. The van der Waals surface area contributed by atoms with Crippen molar-refractivity contribution >= 4 is 11.2 Å². The minimum Gasteiger partial charge on any atom is -0.330 e. The Balaban J connectivity index is 2.69. The van der Waals surface area contributed by atoms with Crippen LogP contribution < -0.4 is 17.0 Å². The Kier molecular flexibility index (Phi) is 4.39. The van der Waals surface area contributed by atoms with Gasteiger partial charge in [0.2, 0.25) is 0 Å². The molecule has 0 unspecified atom stereocenters. The van der Waals surface area contributed by atoms with E-state index in [1.165, 1.54) is 4.57 Å². The van der Waals surface area contributed by atoms with Gasteiger partial charge in [-0.05, 0) is 19.4 Å². The van der Waals surface area contributed by atoms with Gasteiger partial charge >= 0.3 is 5.69 Å². The Morgan fingerprint density at radius 1 is 1.20 bits per heavy atom. The van der Waals surface area contributed by atoms with Crippen molar-refractivity contribution in [1.82, 2.24) is 18.7 Å². The molecular formula is C13H21N5O2. The van der Waals surface area contributed by atoms with Gasteiger partial charge in [0, 0.05) is 20.1 Å². The standard InChI is InChI=1S/C13H21N5O2/c1-3-4-7-17-11-10(16(2)9-15-11)12(19)18(13(17)20)8-5-6-14/h9H,3-8,14H2,1-2H3. The third-order valence-corrected chi connectivity index (χ3v) is 3.40. The first-order valence-corrected chi connectivity index (χ1v) is 6.96. The summed E-state index contributed by atoms with van der Waals surface area (Å²) in [5, 5.41) is 0. The minimum atomic E-state index is -0.289. The van der Waals surface area contributed by atoms with Gasteiger partial charge in [0.05, 0.1) is 6.33 Å². The van der Waals surface area contributed by atoms with Crippen LogP contribution in [0.4, 0.5) is 0 Å². The monoisotopic (exact) mass is 279 g/mol. The van der Waals surface area contributed by atoms with Crippen LogP contribution in [-0.2, 0) is 20.1 Å². The van der Waals surface area contributed by atoms with Gasteiger partial charge in [0.15, 0.2) is 11.2 Å². The van der Waals surface area contributed by atoms with Crippen molar-refractivity contribution in [2.24, 2.45) is 12.8 Å². The first-order valence-electron chi connectivity index (χ1n) is 6.96. The van der Waals surface area contributed by atoms with E-state index >= 15 is 0 Å². The number of aromatic nitrogens is 4. The molecule has 2 aromatic heterocycles. The van der Waals surface area contributed by atoms with Crippen molar-refractivity contribution < 1.29 is 0 Å². The SMILES string of the molecule is CCCCn1c(=O)n(CCCN)c(=O)c2c1ncn2C. The Morgan fingerprint density at radius 2 is 1.90 bits per heavy atom. The molecule has 0 spiro atoms. The number of aryl methyl sites for hydroxylation is 2. The fourth-order valence-electron chi connectivity index (χ4n) is 2.28. The van der Waals surface area contributed by atoms with Crippen LogP contribution in [0.15, 0.2) is 15.9 Å². The molecule has 7 heteroatoms. The molecule has 2 heterocycles. The molecule has 0 saturated heterocycles. The van der Waals surface area contributed by atoms with Crippen molar-refractivity contribution in [2.45, 2.75) is 39.3 Å². The van der Waals surface area contributed by atoms with E-state index in [0.29, 0.717) is 37.2 Å². The highest BCUT2D eigenvalue weighted by atomic mass is 16.2. The van der Waals surface area contributed by atoms with E-state index in [4.69, 9.17) is 5.73 Å². The van der Waals surface area contributed by atoms with Crippen LogP contribution in [0.3, 0.4) is 0 Å². The Bertz CT molecular complexity index is 710. The Morgan fingerprint density at radius 3 is 2.55 bits per heavy atom. The van der Waals surface area contributed by atoms with Gasteiger partial charge in [-0.25, -0.2) is 9.78 Å². The zero-order valence-corrected chi connectivity index (χ0v) is 12.0. The smallest absolute Gasteiger partial charge is 0.330 e. The van der Waals surface area contributed by atoms with E-state index in [-0.39, 0.29) is 11.2 Å². The summed E-state index contributed by atoms with van der Waals surface area (Å²) in [5.41, 5.74) is 5.84. The van der Waals surface area contributed by atoms with Gasteiger partial charge in [-0.1, -0.05) is 13.3 Å². The van der Waals surface area contributed by atoms with E-state index in [2.05, 4.69) is 11.9 Å². The summed E-state index contributed by atoms with van der Waals surface area (Å²) in [5.74, 6) is 0. The average molecular weight is 279 g/mol. The van der Waals surface area contributed by atoms with Gasteiger partial charge < -0.3 is 10.3 Å². The zero-order valence-electron chi connectivity index (χ0n) is 12.0. The lowest BCUT2D eigenvalue weighted by molar-refractivity contribution is 0.535. The number of fused-ring (bicyclic) bond motifs is 1. The lowest BCUT2D eigenvalue weighted by atomic mass is 10.3. The maximum Gasteiger partial charge on any atom is 0.332 e. The molecule has 0 bridgehead atoms. The highest BCUT2D eigenvalue weighted by molar-refractivity contribution is 5.69. The molecular weight excluding hydrogens is 258 g/mol. The largest absolute Gasteiger partial charge is 0.332 e. The molecule has 2 N–H and O–H groups in total. The summed E-state index contributed by atoms with van der Waals surface area (Å²) >= 11 is 0. The maximum atomic E-state index is 12.5. The van der Waals surface area contributed by atoms with Crippen molar-refractivity contribution in [3.63, 3.8) is 0 Å². The molecule has 0 saturated carbocycles. The van der Waals surface area contributed by atoms with Crippen LogP contribution in [0.1, 0.15) is 26.2 Å². The summed E-state index contributed by atoms with van der Waals surface area (Å²) < 4.78 is 4.53. The molecule has 0 amide bonds. The third-order valence-electron chi connectivity index (χ3n) is 3.40. The number of hydrogen-bond donors (Lipinski definition) is 1. The van der Waals surface area contributed by atoms with Crippen molar-refractivity contribution in [3.8, 4) is 0 Å². The molecule has 0 radical (unpaired) electrons. The van der Waals surface area contributed by atoms with Crippen LogP contribution >= 0.6 is 0 Å². The summed E-state index contributed by atoms with van der Waals surface area (Å²) in [7, 11) is 1.76. The molecule has 20 heavy (non-hydrogen) atoms. The molecule has 7 nitrogen and oxygen atoms in total. The molecule has 2 aromatic rings. The summed E-state index contributed by atoms with van der Waals surface area (Å²) in [6.07, 6.45) is 4.02. The number of rotatable bonds is 6. The maximum absolute atomic E-state index is 12.5. The topological polar surface area (TPSA) is 87.8 Å². The summed E-state index contributed by atoms with van der Waals surface area (Å²) in [6.45, 7) is 3.43. The average Bonchev–Trinajstić information content (AvgIpc) is 2.81. The number of unbranched alkanes of at least 4 members (excludes halogenated alkanes) is 1. The van der Waals surface area contributed by atoms with E-state index < -0.39 is 0 Å². The molecule has 0 atom stereocenters. The van der Waals surface area contributed by atoms with E-state index in [1.807, 2.05) is 0 Å². The normalized spacial score (nSPS) is 11.3. The summed E-state index contributed by atoms with van der Waals surface area (Å²) in [6, 6.07) is 0. The Labute approximate surface area is 116 Å². The molecule has 0 aliphatic rings.